The molecule has 1 aliphatic carbocycles. The van der Waals surface area contributed by atoms with Crippen LogP contribution in [0.5, 0.6) is 0 Å². The Bertz CT molecular complexity index is 1130. The van der Waals surface area contributed by atoms with E-state index < -0.39 is 40.8 Å². The van der Waals surface area contributed by atoms with E-state index >= 15 is 0 Å². The molecule has 0 aromatic heterocycles. The van der Waals surface area contributed by atoms with E-state index in [1.54, 1.807) is 18.2 Å². The van der Waals surface area contributed by atoms with Gasteiger partial charge in [0, 0.05) is 50.4 Å². The van der Waals surface area contributed by atoms with E-state index in [1.807, 2.05) is 15.7 Å². The van der Waals surface area contributed by atoms with Gasteiger partial charge in [0.1, 0.15) is 6.04 Å². The molecule has 12 heteroatoms. The van der Waals surface area contributed by atoms with Crippen LogP contribution in [0, 0.1) is 0 Å². The maximum atomic E-state index is 13.3. The van der Waals surface area contributed by atoms with Gasteiger partial charge in [0.05, 0.1) is 11.1 Å². The van der Waals surface area contributed by atoms with Crippen molar-refractivity contribution in [2.75, 3.05) is 25.5 Å². The van der Waals surface area contributed by atoms with Gasteiger partial charge in [0.2, 0.25) is 11.8 Å². The number of piperidine rings is 2. The summed E-state index contributed by atoms with van der Waals surface area (Å²) in [4.78, 5) is 51.3. The topological polar surface area (TPSA) is 145 Å². The third-order valence-electron chi connectivity index (χ3n) is 8.00. The number of carbonyl (C=O) groups is 4. The SMILES string of the molecule is CN(C1CCC(Nc2cccc3c2C(=O)N(C2CCC(=O)NC2=O)C3=O)CC1)S(=O)N1CCC(N)CC1. The van der Waals surface area contributed by atoms with Crippen LogP contribution in [0.25, 0.3) is 0 Å². The third kappa shape index (κ3) is 5.07. The Hall–Kier alpha value is -2.67. The molecule has 3 fully saturated rings. The lowest BCUT2D eigenvalue weighted by Crippen LogP contribution is -2.54. The highest BCUT2D eigenvalue weighted by Crippen LogP contribution is 2.34. The lowest BCUT2D eigenvalue weighted by molar-refractivity contribution is -0.136. The van der Waals surface area contributed by atoms with Crippen LogP contribution in [0.15, 0.2) is 18.2 Å². The first-order valence-electron chi connectivity index (χ1n) is 13.0. The van der Waals surface area contributed by atoms with Crippen LogP contribution in [0.2, 0.25) is 0 Å². The molecule has 37 heavy (non-hydrogen) atoms. The Kier molecular flexibility index (Phi) is 7.44. The second kappa shape index (κ2) is 10.6. The van der Waals surface area contributed by atoms with Gasteiger partial charge in [-0.1, -0.05) is 6.07 Å². The highest BCUT2D eigenvalue weighted by atomic mass is 32.2. The van der Waals surface area contributed by atoms with Gasteiger partial charge in [-0.05, 0) is 57.1 Å². The molecule has 1 saturated carbocycles. The van der Waals surface area contributed by atoms with Crippen molar-refractivity contribution in [1.82, 2.24) is 18.8 Å². The standard InChI is InChI=1S/C25H34N6O5S/c1-29(37(36)30-13-11-15(26)12-14-30)17-7-5-16(6-8-17)27-19-4-2-3-18-22(19)25(35)31(24(18)34)20-9-10-21(32)28-23(20)33/h2-4,15-17,20,27H,5-14,26H2,1H3,(H,28,32,33). The van der Waals surface area contributed by atoms with E-state index in [2.05, 4.69) is 10.6 Å². The van der Waals surface area contributed by atoms with Crippen molar-refractivity contribution in [3.63, 3.8) is 0 Å². The van der Waals surface area contributed by atoms with Crippen molar-refractivity contribution in [1.29, 1.82) is 0 Å². The van der Waals surface area contributed by atoms with Gasteiger partial charge in [-0.3, -0.25) is 29.4 Å². The molecule has 2 unspecified atom stereocenters. The van der Waals surface area contributed by atoms with Crippen molar-refractivity contribution >= 4 is 40.5 Å². The lowest BCUT2D eigenvalue weighted by atomic mass is 9.91. The number of amides is 4. The number of anilines is 1. The minimum atomic E-state index is -1.18. The van der Waals surface area contributed by atoms with Crippen LogP contribution in [0.3, 0.4) is 0 Å². The number of rotatable bonds is 6. The zero-order valence-corrected chi connectivity index (χ0v) is 21.8. The molecule has 200 valence electrons. The van der Waals surface area contributed by atoms with Gasteiger partial charge < -0.3 is 11.1 Å². The predicted molar refractivity (Wildman–Crippen MR) is 137 cm³/mol. The number of imide groups is 2. The van der Waals surface area contributed by atoms with E-state index in [1.165, 1.54) is 0 Å². The van der Waals surface area contributed by atoms with E-state index in [9.17, 15) is 23.4 Å². The molecule has 4 amide bonds. The normalized spacial score (nSPS) is 28.4. The summed E-state index contributed by atoms with van der Waals surface area (Å²) in [5.74, 6) is -2.04. The smallest absolute Gasteiger partial charge is 0.264 e. The van der Waals surface area contributed by atoms with Crippen LogP contribution < -0.4 is 16.4 Å². The third-order valence-corrected chi connectivity index (χ3v) is 9.60. The molecular weight excluding hydrogens is 496 g/mol. The maximum Gasteiger partial charge on any atom is 0.264 e. The monoisotopic (exact) mass is 530 g/mol. The second-order valence-electron chi connectivity index (χ2n) is 10.4. The summed E-state index contributed by atoms with van der Waals surface area (Å²) in [7, 11) is 1.92. The first kappa shape index (κ1) is 26.0. The van der Waals surface area contributed by atoms with Crippen LogP contribution in [0.1, 0.15) is 72.1 Å². The number of hydrogen-bond donors (Lipinski definition) is 3. The number of nitrogens with one attached hydrogen (secondary N) is 2. The van der Waals surface area contributed by atoms with Crippen molar-refractivity contribution in [2.24, 2.45) is 5.73 Å². The molecule has 0 bridgehead atoms. The van der Waals surface area contributed by atoms with Gasteiger partial charge in [0.15, 0.2) is 11.2 Å². The summed E-state index contributed by atoms with van der Waals surface area (Å²) in [6.45, 7) is 1.49. The van der Waals surface area contributed by atoms with E-state index in [4.69, 9.17) is 5.73 Å². The Morgan fingerprint density at radius 2 is 1.70 bits per heavy atom. The maximum absolute atomic E-state index is 13.3. The average molecular weight is 531 g/mol. The quantitative estimate of drug-likeness (QED) is 0.460. The zero-order chi connectivity index (χ0) is 26.3. The number of nitrogens with two attached hydrogens (primary N) is 1. The fourth-order valence-corrected chi connectivity index (χ4v) is 7.13. The van der Waals surface area contributed by atoms with Crippen LogP contribution in [-0.4, -0.2) is 85.7 Å². The van der Waals surface area contributed by atoms with Crippen molar-refractivity contribution in [3.8, 4) is 0 Å². The molecule has 0 spiro atoms. The van der Waals surface area contributed by atoms with Gasteiger partial charge in [0.25, 0.3) is 11.8 Å². The second-order valence-corrected chi connectivity index (χ2v) is 11.9. The highest BCUT2D eigenvalue weighted by Gasteiger charge is 2.45. The Morgan fingerprint density at radius 1 is 1.00 bits per heavy atom. The number of nitrogens with zero attached hydrogens (tertiary/aromatic N) is 3. The van der Waals surface area contributed by atoms with Crippen molar-refractivity contribution < 1.29 is 23.4 Å². The predicted octanol–water partition coefficient (Wildman–Crippen LogP) is 0.745. The van der Waals surface area contributed by atoms with Gasteiger partial charge >= 0.3 is 0 Å². The summed E-state index contributed by atoms with van der Waals surface area (Å²) >= 11 is -1.18. The van der Waals surface area contributed by atoms with Crippen molar-refractivity contribution in [2.45, 2.75) is 75.5 Å². The average Bonchev–Trinajstić information content (AvgIpc) is 3.14. The zero-order valence-electron chi connectivity index (χ0n) is 21.0. The summed E-state index contributed by atoms with van der Waals surface area (Å²) in [6.07, 6.45) is 5.32. The largest absolute Gasteiger partial charge is 0.382 e. The van der Waals surface area contributed by atoms with Gasteiger partial charge in [-0.2, -0.15) is 0 Å². The first-order chi connectivity index (χ1) is 17.7. The summed E-state index contributed by atoms with van der Waals surface area (Å²) in [5.41, 5.74) is 7.11. The minimum Gasteiger partial charge on any atom is -0.382 e. The first-order valence-corrected chi connectivity index (χ1v) is 14.1. The van der Waals surface area contributed by atoms with Crippen LogP contribution in [-0.2, 0) is 20.8 Å². The van der Waals surface area contributed by atoms with Gasteiger partial charge in [-0.15, -0.1) is 0 Å². The molecule has 11 nitrogen and oxygen atoms in total. The molecule has 5 rings (SSSR count). The number of fused-ring (bicyclic) bond motifs is 1. The number of benzene rings is 1. The molecule has 2 atom stereocenters. The van der Waals surface area contributed by atoms with E-state index in [-0.39, 0.29) is 42.1 Å². The Balaban J connectivity index is 1.22. The molecular formula is C25H34N6O5S. The number of carbonyl (C=O) groups excluding carboxylic acids is 4. The van der Waals surface area contributed by atoms with Crippen LogP contribution in [0.4, 0.5) is 5.69 Å². The molecule has 2 saturated heterocycles. The molecule has 0 radical (unpaired) electrons. The van der Waals surface area contributed by atoms with E-state index in [0.29, 0.717) is 5.69 Å². The molecule has 1 aromatic rings. The van der Waals surface area contributed by atoms with E-state index in [0.717, 1.165) is 56.5 Å². The highest BCUT2D eigenvalue weighted by molar-refractivity contribution is 7.80. The Labute approximate surface area is 218 Å². The molecule has 4 N–H and O–H groups in total. The molecule has 1 aromatic carbocycles. The molecule has 4 aliphatic rings. The van der Waals surface area contributed by atoms with Crippen molar-refractivity contribution in [3.05, 3.63) is 29.3 Å². The fourth-order valence-electron chi connectivity index (χ4n) is 5.78. The van der Waals surface area contributed by atoms with Crippen LogP contribution >= 0.6 is 0 Å². The molecule has 3 heterocycles. The number of hydrogen-bond acceptors (Lipinski definition) is 7. The minimum absolute atomic E-state index is 0.0860. The lowest BCUT2D eigenvalue weighted by Gasteiger charge is -2.38. The van der Waals surface area contributed by atoms with Gasteiger partial charge in [-0.25, -0.2) is 12.8 Å². The summed E-state index contributed by atoms with van der Waals surface area (Å²) < 4.78 is 17.0. The Morgan fingerprint density at radius 3 is 2.38 bits per heavy atom. The summed E-state index contributed by atoms with van der Waals surface area (Å²) in [5, 5.41) is 5.68. The molecule has 3 aliphatic heterocycles. The summed E-state index contributed by atoms with van der Waals surface area (Å²) in [6, 6.07) is 4.62. The fraction of sp³-hybridized carbons (Fsp3) is 0.600.